The quantitative estimate of drug-likeness (QED) is 0.513. The Balaban J connectivity index is 0.000000810. The second-order valence-corrected chi connectivity index (χ2v) is 3.83. The molecule has 0 aliphatic heterocycles. The Labute approximate surface area is 92.3 Å². The minimum absolute atomic E-state index is 0. The molecule has 10 heavy (non-hydrogen) atoms. The first-order valence-corrected chi connectivity index (χ1v) is 4.35. The van der Waals surface area contributed by atoms with Gasteiger partial charge < -0.3 is 12.4 Å². The predicted octanol–water partition coefficient (Wildman–Crippen LogP) is -1.10. The molecule has 0 aromatic heterocycles. The summed E-state index contributed by atoms with van der Waals surface area (Å²) in [7, 11) is 0. The van der Waals surface area contributed by atoms with Crippen LogP contribution in [0.2, 0.25) is 5.02 Å². The molecule has 50 valence electrons. The zero-order valence-electron chi connectivity index (χ0n) is 5.07. The third-order valence-electron chi connectivity index (χ3n) is 0.984. The van der Waals surface area contributed by atoms with Crippen molar-refractivity contribution in [2.45, 2.75) is 0 Å². The first-order chi connectivity index (χ1) is 4.20. The Bertz CT molecular complexity index is 227. The maximum absolute atomic E-state index is 5.74. The summed E-state index contributed by atoms with van der Waals surface area (Å²) in [5.74, 6) is 0. The van der Waals surface area contributed by atoms with Crippen LogP contribution in [0, 0.1) is 0 Å². The number of halogens is 3. The van der Waals surface area contributed by atoms with E-state index in [1.54, 1.807) is 0 Å². The van der Waals surface area contributed by atoms with E-state index in [2.05, 4.69) is 15.9 Å². The molecule has 0 nitrogen and oxygen atoms in total. The van der Waals surface area contributed by atoms with Crippen LogP contribution in [0.4, 0.5) is 0 Å². The van der Waals surface area contributed by atoms with Crippen molar-refractivity contribution in [3.05, 3.63) is 27.7 Å². The molecule has 0 heterocycles. The van der Waals surface area contributed by atoms with Crippen LogP contribution in [0.3, 0.4) is 0 Å². The van der Waals surface area contributed by atoms with Gasteiger partial charge in [0.1, 0.15) is 0 Å². The number of rotatable bonds is 0. The average Bonchev–Trinajstić information content (AvgIpc) is 1.80. The molecular formula is C6H3BrCl2Mg. The zero-order chi connectivity index (χ0) is 6.85. The van der Waals surface area contributed by atoms with E-state index in [1.165, 1.54) is 3.69 Å². The van der Waals surface area contributed by atoms with Crippen LogP contribution >= 0.6 is 27.5 Å². The van der Waals surface area contributed by atoms with E-state index in [0.29, 0.717) is 0 Å². The Kier molecular flexibility index (Phi) is 5.34. The van der Waals surface area contributed by atoms with Gasteiger partial charge in [0.25, 0.3) is 0 Å². The van der Waals surface area contributed by atoms with Crippen molar-refractivity contribution in [2.24, 2.45) is 0 Å². The van der Waals surface area contributed by atoms with Crippen LogP contribution in [-0.4, -0.2) is 21.7 Å². The van der Waals surface area contributed by atoms with E-state index < -0.39 is 0 Å². The molecule has 0 radical (unpaired) electrons. The van der Waals surface area contributed by atoms with Crippen LogP contribution in [0.5, 0.6) is 0 Å². The summed E-state index contributed by atoms with van der Waals surface area (Å²) in [6.07, 6.45) is 0. The van der Waals surface area contributed by atoms with Crippen molar-refractivity contribution in [3.8, 4) is 0 Å². The average molecular weight is 250 g/mol. The van der Waals surface area contributed by atoms with E-state index in [4.69, 9.17) is 11.6 Å². The van der Waals surface area contributed by atoms with Crippen molar-refractivity contribution >= 4 is 52.9 Å². The van der Waals surface area contributed by atoms with Crippen molar-refractivity contribution in [2.75, 3.05) is 0 Å². The molecule has 0 spiro atoms. The van der Waals surface area contributed by atoms with E-state index in [0.717, 1.165) is 9.50 Å². The first-order valence-electron chi connectivity index (χ1n) is 2.47. The molecule has 0 saturated heterocycles. The monoisotopic (exact) mass is 248 g/mol. The second kappa shape index (κ2) is 4.83. The van der Waals surface area contributed by atoms with Crippen LogP contribution < -0.4 is 16.1 Å². The number of hydrogen-bond acceptors (Lipinski definition) is 0. The molecule has 0 N–H and O–H groups in total. The normalized spacial score (nSPS) is 8.80. The summed E-state index contributed by atoms with van der Waals surface area (Å²) in [5.41, 5.74) is 0. The third kappa shape index (κ3) is 2.97. The van der Waals surface area contributed by atoms with Crippen LogP contribution in [-0.2, 0) is 0 Å². The molecule has 0 aliphatic carbocycles. The summed E-state index contributed by atoms with van der Waals surface area (Å²) in [6.45, 7) is 0. The van der Waals surface area contributed by atoms with Crippen molar-refractivity contribution in [3.63, 3.8) is 0 Å². The molecule has 4 heteroatoms. The van der Waals surface area contributed by atoms with E-state index in [1.807, 2.05) is 39.9 Å². The van der Waals surface area contributed by atoms with Crippen LogP contribution in [0.15, 0.2) is 22.7 Å². The fourth-order valence-electron chi connectivity index (χ4n) is 0.540. The number of hydrogen-bond donors (Lipinski definition) is 0. The predicted molar refractivity (Wildman–Crippen MR) is 44.5 cm³/mol. The van der Waals surface area contributed by atoms with Crippen LogP contribution in [0.1, 0.15) is 0 Å². The van der Waals surface area contributed by atoms with Gasteiger partial charge in [0.2, 0.25) is 0 Å². The van der Waals surface area contributed by atoms with Gasteiger partial charge in [0.15, 0.2) is 0 Å². The zero-order valence-corrected chi connectivity index (χ0v) is 9.59. The van der Waals surface area contributed by atoms with Gasteiger partial charge in [-0.1, -0.05) is 0 Å². The van der Waals surface area contributed by atoms with Gasteiger partial charge in [-0.3, -0.25) is 0 Å². The van der Waals surface area contributed by atoms with Crippen molar-refractivity contribution < 1.29 is 12.4 Å². The molecule has 0 saturated carbocycles. The summed E-state index contributed by atoms with van der Waals surface area (Å²) >= 11 is 10.9. The summed E-state index contributed by atoms with van der Waals surface area (Å²) in [6, 6.07) is 5.88. The molecule has 0 unspecified atom stereocenters. The molecule has 0 bridgehead atoms. The van der Waals surface area contributed by atoms with E-state index in [9.17, 15) is 0 Å². The topological polar surface area (TPSA) is 0 Å². The molecule has 0 fully saturated rings. The second-order valence-electron chi connectivity index (χ2n) is 1.75. The van der Waals surface area contributed by atoms with Crippen LogP contribution in [0.25, 0.3) is 0 Å². The Hall–Kier alpha value is 1.05. The molecule has 0 aliphatic rings. The standard InChI is InChI=1S/C6H3BrCl.ClH.Mg/c7-5-3-1-2-4-6(5)8;;/h2-4H;1H;/q;;+1/p-1. The van der Waals surface area contributed by atoms with Gasteiger partial charge in [-0.05, 0) is 0 Å². The molecule has 0 atom stereocenters. The van der Waals surface area contributed by atoms with Gasteiger partial charge >= 0.3 is 80.6 Å². The molecule has 0 amide bonds. The molecule has 1 rings (SSSR count). The van der Waals surface area contributed by atoms with Gasteiger partial charge in [0, 0.05) is 0 Å². The Morgan fingerprint density at radius 1 is 1.40 bits per heavy atom. The summed E-state index contributed by atoms with van der Waals surface area (Å²) < 4.78 is 2.21. The summed E-state index contributed by atoms with van der Waals surface area (Å²) in [5, 5.41) is 0.769. The molecule has 1 aromatic carbocycles. The third-order valence-corrected chi connectivity index (χ3v) is 2.64. The SMILES string of the molecule is [Cl-].[Mg+][c]1ccc(Cl)c(Br)c1. The minimum atomic E-state index is 0. The van der Waals surface area contributed by atoms with E-state index in [-0.39, 0.29) is 12.4 Å². The summed E-state index contributed by atoms with van der Waals surface area (Å²) in [4.78, 5) is 0. The fourth-order valence-corrected chi connectivity index (χ4v) is 1.70. The number of benzene rings is 1. The van der Waals surface area contributed by atoms with Crippen molar-refractivity contribution in [1.29, 1.82) is 0 Å². The maximum atomic E-state index is 5.74. The first kappa shape index (κ1) is 11.0. The Morgan fingerprint density at radius 3 is 2.40 bits per heavy atom. The van der Waals surface area contributed by atoms with Gasteiger partial charge in [0.05, 0.1) is 0 Å². The van der Waals surface area contributed by atoms with E-state index >= 15 is 0 Å². The van der Waals surface area contributed by atoms with Crippen molar-refractivity contribution in [1.82, 2.24) is 0 Å². The van der Waals surface area contributed by atoms with Gasteiger partial charge in [-0.2, -0.15) is 0 Å². The van der Waals surface area contributed by atoms with Gasteiger partial charge in [-0.25, -0.2) is 0 Å². The Morgan fingerprint density at radius 2 is 2.00 bits per heavy atom. The fraction of sp³-hybridized carbons (Fsp3) is 0. The van der Waals surface area contributed by atoms with Gasteiger partial charge in [-0.15, -0.1) is 0 Å². The molecule has 1 aromatic rings. The molecular weight excluding hydrogens is 247 g/mol.